The van der Waals surface area contributed by atoms with Crippen LogP contribution in [0.15, 0.2) is 18.2 Å². The van der Waals surface area contributed by atoms with Crippen LogP contribution in [-0.4, -0.2) is 35.3 Å². The van der Waals surface area contributed by atoms with E-state index in [1.807, 2.05) is 13.8 Å². The molecule has 7 heteroatoms. The number of benzene rings is 1. The minimum atomic E-state index is -1.12. The van der Waals surface area contributed by atoms with E-state index in [1.165, 1.54) is 18.2 Å². The van der Waals surface area contributed by atoms with Gasteiger partial charge in [0.1, 0.15) is 5.69 Å². The maximum absolute atomic E-state index is 11.1. The molecule has 2 rings (SSSR count). The second-order valence-corrected chi connectivity index (χ2v) is 5.77. The number of anilines is 1. The standard InChI is InChI=1S/C14H18N2O5/c1-14(2)11(7-12(14)21-3)15-9-6-8(13(17)18)4-5-10(9)16(19)20/h4-6,11-12,15H,7H2,1-3H3,(H,17,18). The first-order chi connectivity index (χ1) is 9.77. The molecule has 0 bridgehead atoms. The summed E-state index contributed by atoms with van der Waals surface area (Å²) < 4.78 is 5.34. The second kappa shape index (κ2) is 5.33. The Hall–Kier alpha value is -2.15. The number of nitro benzene ring substituents is 1. The van der Waals surface area contributed by atoms with E-state index in [0.717, 1.165) is 6.42 Å². The fourth-order valence-electron chi connectivity index (χ4n) is 2.66. The summed E-state index contributed by atoms with van der Waals surface area (Å²) >= 11 is 0. The fourth-order valence-corrected chi connectivity index (χ4v) is 2.66. The van der Waals surface area contributed by atoms with Crippen molar-refractivity contribution in [2.45, 2.75) is 32.4 Å². The zero-order valence-corrected chi connectivity index (χ0v) is 12.1. The number of nitrogens with one attached hydrogen (secondary N) is 1. The smallest absolute Gasteiger partial charge is 0.335 e. The van der Waals surface area contributed by atoms with Crippen LogP contribution in [0.1, 0.15) is 30.6 Å². The van der Waals surface area contributed by atoms with Gasteiger partial charge in [0.05, 0.1) is 16.6 Å². The SMILES string of the molecule is COC1CC(Nc2cc(C(=O)O)ccc2[N+](=O)[O-])C1(C)C. The summed E-state index contributed by atoms with van der Waals surface area (Å²) in [5.41, 5.74) is -0.0605. The zero-order chi connectivity index (χ0) is 15.8. The van der Waals surface area contributed by atoms with Crippen LogP contribution in [-0.2, 0) is 4.74 Å². The molecule has 21 heavy (non-hydrogen) atoms. The molecule has 1 fully saturated rings. The molecule has 1 saturated carbocycles. The van der Waals surface area contributed by atoms with Gasteiger partial charge in [0.15, 0.2) is 0 Å². The zero-order valence-electron chi connectivity index (χ0n) is 12.1. The van der Waals surface area contributed by atoms with Gasteiger partial charge in [0.2, 0.25) is 0 Å². The van der Waals surface area contributed by atoms with Crippen molar-refractivity contribution in [3.8, 4) is 0 Å². The highest BCUT2D eigenvalue weighted by Gasteiger charge is 2.49. The molecule has 1 aromatic carbocycles. The molecule has 0 spiro atoms. The Morgan fingerprint density at radius 2 is 2.19 bits per heavy atom. The molecule has 1 aliphatic rings. The Balaban J connectivity index is 2.28. The number of nitrogens with zero attached hydrogens (tertiary/aromatic N) is 1. The molecule has 7 nitrogen and oxygen atoms in total. The molecule has 0 aliphatic heterocycles. The molecule has 2 atom stereocenters. The number of hydrogen-bond acceptors (Lipinski definition) is 5. The molecule has 2 N–H and O–H groups in total. The van der Waals surface area contributed by atoms with E-state index in [0.29, 0.717) is 0 Å². The van der Waals surface area contributed by atoms with E-state index in [1.54, 1.807) is 7.11 Å². The highest BCUT2D eigenvalue weighted by atomic mass is 16.6. The first-order valence-corrected chi connectivity index (χ1v) is 6.58. The lowest BCUT2D eigenvalue weighted by Gasteiger charge is -2.51. The van der Waals surface area contributed by atoms with Crippen molar-refractivity contribution >= 4 is 17.3 Å². The first-order valence-electron chi connectivity index (χ1n) is 6.58. The van der Waals surface area contributed by atoms with E-state index in [2.05, 4.69) is 5.32 Å². The molecule has 1 aromatic rings. The van der Waals surface area contributed by atoms with Gasteiger partial charge >= 0.3 is 5.97 Å². The van der Waals surface area contributed by atoms with Crippen molar-refractivity contribution in [2.24, 2.45) is 5.41 Å². The lowest BCUT2D eigenvalue weighted by molar-refractivity contribution is -0.384. The monoisotopic (exact) mass is 294 g/mol. The van der Waals surface area contributed by atoms with Gasteiger partial charge in [0, 0.05) is 24.6 Å². The van der Waals surface area contributed by atoms with Gasteiger partial charge in [-0.15, -0.1) is 0 Å². The van der Waals surface area contributed by atoms with Crippen LogP contribution in [0.3, 0.4) is 0 Å². The summed E-state index contributed by atoms with van der Waals surface area (Å²) in [6.07, 6.45) is 0.800. The molecule has 114 valence electrons. The maximum Gasteiger partial charge on any atom is 0.335 e. The molecule has 0 amide bonds. The minimum Gasteiger partial charge on any atom is -0.478 e. The van der Waals surface area contributed by atoms with Crippen LogP contribution >= 0.6 is 0 Å². The Kier molecular flexibility index (Phi) is 3.87. The average Bonchev–Trinajstić information content (AvgIpc) is 2.42. The van der Waals surface area contributed by atoms with Gasteiger partial charge < -0.3 is 15.2 Å². The van der Waals surface area contributed by atoms with Crippen LogP contribution in [0.5, 0.6) is 0 Å². The van der Waals surface area contributed by atoms with Crippen LogP contribution in [0.4, 0.5) is 11.4 Å². The predicted octanol–water partition coefficient (Wildman–Crippen LogP) is 2.52. The number of nitro groups is 1. The average molecular weight is 294 g/mol. The second-order valence-electron chi connectivity index (χ2n) is 5.77. The molecular formula is C14H18N2O5. The number of carbonyl (C=O) groups is 1. The Labute approximate surface area is 122 Å². The van der Waals surface area contributed by atoms with Crippen molar-refractivity contribution in [3.05, 3.63) is 33.9 Å². The Morgan fingerprint density at radius 1 is 1.52 bits per heavy atom. The molecule has 2 unspecified atom stereocenters. The Morgan fingerprint density at radius 3 is 2.67 bits per heavy atom. The molecule has 0 heterocycles. The molecule has 0 radical (unpaired) electrons. The molecule has 0 saturated heterocycles. The number of aromatic carboxylic acids is 1. The highest BCUT2D eigenvalue weighted by Crippen LogP contribution is 2.45. The third-order valence-electron chi connectivity index (χ3n) is 4.23. The summed E-state index contributed by atoms with van der Waals surface area (Å²) in [5.74, 6) is -1.12. The van der Waals surface area contributed by atoms with Gasteiger partial charge in [0.25, 0.3) is 5.69 Å². The van der Waals surface area contributed by atoms with Gasteiger partial charge in [-0.05, 0) is 18.6 Å². The number of carboxylic acid groups (broad SMARTS) is 1. The van der Waals surface area contributed by atoms with Gasteiger partial charge in [-0.25, -0.2) is 4.79 Å². The van der Waals surface area contributed by atoms with Crippen LogP contribution in [0.25, 0.3) is 0 Å². The van der Waals surface area contributed by atoms with Crippen LogP contribution in [0.2, 0.25) is 0 Å². The van der Waals surface area contributed by atoms with Gasteiger partial charge in [-0.3, -0.25) is 10.1 Å². The predicted molar refractivity (Wildman–Crippen MR) is 76.7 cm³/mol. The van der Waals surface area contributed by atoms with Crippen molar-refractivity contribution in [1.82, 2.24) is 0 Å². The van der Waals surface area contributed by atoms with Crippen LogP contribution in [0, 0.1) is 15.5 Å². The largest absolute Gasteiger partial charge is 0.478 e. The summed E-state index contributed by atoms with van der Waals surface area (Å²) in [7, 11) is 1.64. The lowest BCUT2D eigenvalue weighted by atomic mass is 9.64. The lowest BCUT2D eigenvalue weighted by Crippen LogP contribution is -2.57. The summed E-state index contributed by atoms with van der Waals surface area (Å²) in [6.45, 7) is 4.02. The quantitative estimate of drug-likeness (QED) is 0.639. The normalized spacial score (nSPS) is 23.2. The van der Waals surface area contributed by atoms with E-state index in [9.17, 15) is 14.9 Å². The number of carboxylic acids is 1. The van der Waals surface area contributed by atoms with Gasteiger partial charge in [-0.1, -0.05) is 13.8 Å². The van der Waals surface area contributed by atoms with E-state index in [4.69, 9.17) is 9.84 Å². The maximum atomic E-state index is 11.1. The Bertz CT molecular complexity index is 585. The number of methoxy groups -OCH3 is 1. The van der Waals surface area contributed by atoms with Crippen molar-refractivity contribution in [2.75, 3.05) is 12.4 Å². The van der Waals surface area contributed by atoms with Crippen molar-refractivity contribution in [1.29, 1.82) is 0 Å². The number of hydrogen-bond donors (Lipinski definition) is 2. The highest BCUT2D eigenvalue weighted by molar-refractivity contribution is 5.90. The van der Waals surface area contributed by atoms with Crippen molar-refractivity contribution < 1.29 is 19.6 Å². The fraction of sp³-hybridized carbons (Fsp3) is 0.500. The third-order valence-corrected chi connectivity index (χ3v) is 4.23. The topological polar surface area (TPSA) is 102 Å². The third kappa shape index (κ3) is 2.69. The summed E-state index contributed by atoms with van der Waals surface area (Å²) in [4.78, 5) is 21.6. The minimum absolute atomic E-state index is 0.00908. The number of ether oxygens (including phenoxy) is 1. The van der Waals surface area contributed by atoms with E-state index >= 15 is 0 Å². The molecule has 1 aliphatic carbocycles. The molecule has 0 aromatic heterocycles. The summed E-state index contributed by atoms with van der Waals surface area (Å²) in [6, 6.07) is 3.74. The van der Waals surface area contributed by atoms with Crippen LogP contribution < -0.4 is 5.32 Å². The van der Waals surface area contributed by atoms with Gasteiger partial charge in [-0.2, -0.15) is 0 Å². The van der Waals surface area contributed by atoms with E-state index in [-0.39, 0.29) is 34.5 Å². The first kappa shape index (κ1) is 15.2. The van der Waals surface area contributed by atoms with Crippen molar-refractivity contribution in [3.63, 3.8) is 0 Å². The number of rotatable bonds is 5. The molecular weight excluding hydrogens is 276 g/mol. The van der Waals surface area contributed by atoms with E-state index < -0.39 is 10.9 Å². The summed E-state index contributed by atoms with van der Waals surface area (Å²) in [5, 5.41) is 23.2.